The molecule has 292 valence electrons. The fourth-order valence-corrected chi connectivity index (χ4v) is 5.86. The zero-order valence-corrected chi connectivity index (χ0v) is 32.1. The van der Waals surface area contributed by atoms with Crippen molar-refractivity contribution in [3.8, 4) is 0 Å². The highest BCUT2D eigenvalue weighted by molar-refractivity contribution is 7.47. The number of unbranched alkanes of at least 4 members (excludes halogenated alkanes) is 18. The summed E-state index contributed by atoms with van der Waals surface area (Å²) in [7, 11) is -4.71. The quantitative estimate of drug-likeness (QED) is 0.0242. The third-order valence-electron chi connectivity index (χ3n) is 8.20. The molecule has 0 aliphatic carbocycles. The van der Waals surface area contributed by atoms with Gasteiger partial charge in [0.25, 0.3) is 0 Å². The van der Waals surface area contributed by atoms with Gasteiger partial charge in [0, 0.05) is 12.8 Å². The van der Waals surface area contributed by atoms with Crippen LogP contribution >= 0.6 is 7.82 Å². The second kappa shape index (κ2) is 34.1. The Labute approximate surface area is 302 Å². The van der Waals surface area contributed by atoms with Gasteiger partial charge in [0.15, 0.2) is 6.10 Å². The average Bonchev–Trinajstić information content (AvgIpc) is 3.09. The number of allylic oxidation sites excluding steroid dienone is 4. The lowest BCUT2D eigenvalue weighted by atomic mass is 10.0. The summed E-state index contributed by atoms with van der Waals surface area (Å²) in [6.45, 7) is 2.73. The molecular weight excluding hydrogens is 661 g/mol. The van der Waals surface area contributed by atoms with Crippen LogP contribution in [0.5, 0.6) is 0 Å². The number of carbonyl (C=O) groups excluding carboxylic acids is 2. The SMILES string of the molecule is CCCC/C=C\C/C=C\CCCCCCCC(=O)OC[C@H](COP(=O)(O)OC[C@H](N)C(=O)O)OC(=O)CCCCCCCCCCCCCC. The molecule has 50 heavy (non-hydrogen) atoms. The van der Waals surface area contributed by atoms with E-state index in [1.165, 1.54) is 64.2 Å². The minimum absolute atomic E-state index is 0.161. The molecule has 0 amide bonds. The van der Waals surface area contributed by atoms with Crippen molar-refractivity contribution in [1.82, 2.24) is 0 Å². The molecule has 0 spiro atoms. The number of carboxylic acids is 1. The first kappa shape index (κ1) is 48.0. The van der Waals surface area contributed by atoms with Gasteiger partial charge in [-0.3, -0.25) is 23.4 Å². The van der Waals surface area contributed by atoms with Crippen LogP contribution in [0.1, 0.15) is 168 Å². The molecule has 0 aliphatic rings. The number of rotatable bonds is 36. The summed E-state index contributed by atoms with van der Waals surface area (Å²) in [5, 5.41) is 8.85. The standard InChI is InChI=1S/C38H70NO10P/c1-3-5-7-9-11-13-15-17-18-20-21-23-25-27-29-36(40)46-31-34(32-47-50(44,45)48-33-35(39)38(42)43)49-37(41)30-28-26-24-22-19-16-14-12-10-8-6-4-2/h9,11,15,17,34-35H,3-8,10,12-14,16,18-33,39H2,1-2H3,(H,42,43)(H,44,45)/b11-9-,17-15-/t34-,35+/m1/s1. The van der Waals surface area contributed by atoms with Crippen molar-refractivity contribution in [1.29, 1.82) is 0 Å². The maximum Gasteiger partial charge on any atom is 0.472 e. The first-order valence-electron chi connectivity index (χ1n) is 19.4. The molecule has 0 radical (unpaired) electrons. The van der Waals surface area contributed by atoms with E-state index in [0.717, 1.165) is 64.2 Å². The number of ether oxygens (including phenoxy) is 2. The Balaban J connectivity index is 4.45. The molecule has 0 aliphatic heterocycles. The maximum atomic E-state index is 12.5. The van der Waals surface area contributed by atoms with Gasteiger partial charge in [-0.15, -0.1) is 0 Å². The molecule has 0 saturated carbocycles. The zero-order chi connectivity index (χ0) is 37.1. The third kappa shape index (κ3) is 33.1. The lowest BCUT2D eigenvalue weighted by Crippen LogP contribution is -2.34. The van der Waals surface area contributed by atoms with Gasteiger partial charge in [-0.2, -0.15) is 0 Å². The molecule has 3 atom stereocenters. The highest BCUT2D eigenvalue weighted by Gasteiger charge is 2.28. The smallest absolute Gasteiger partial charge is 0.472 e. The lowest BCUT2D eigenvalue weighted by molar-refractivity contribution is -0.161. The second-order valence-corrected chi connectivity index (χ2v) is 14.5. The third-order valence-corrected chi connectivity index (χ3v) is 9.15. The predicted octanol–water partition coefficient (Wildman–Crippen LogP) is 9.50. The van der Waals surface area contributed by atoms with Crippen LogP contribution in [0.15, 0.2) is 24.3 Å². The number of carboxylic acid groups (broad SMARTS) is 1. The molecule has 12 heteroatoms. The monoisotopic (exact) mass is 731 g/mol. The number of nitrogens with two attached hydrogens (primary N) is 1. The zero-order valence-electron chi connectivity index (χ0n) is 31.2. The van der Waals surface area contributed by atoms with Crippen LogP contribution in [0, 0.1) is 0 Å². The van der Waals surface area contributed by atoms with Gasteiger partial charge in [0.2, 0.25) is 0 Å². The van der Waals surface area contributed by atoms with Gasteiger partial charge < -0.3 is 25.2 Å². The van der Waals surface area contributed by atoms with Crippen LogP contribution in [0.4, 0.5) is 0 Å². The fraction of sp³-hybridized carbons (Fsp3) is 0.816. The highest BCUT2D eigenvalue weighted by atomic mass is 31.2. The second-order valence-electron chi connectivity index (χ2n) is 13.1. The molecular formula is C38H70NO10P. The van der Waals surface area contributed by atoms with E-state index in [9.17, 15) is 23.8 Å². The normalized spacial score (nSPS) is 14.2. The van der Waals surface area contributed by atoms with Crippen LogP contribution in [0.3, 0.4) is 0 Å². The lowest BCUT2D eigenvalue weighted by Gasteiger charge is -2.20. The molecule has 0 saturated heterocycles. The van der Waals surface area contributed by atoms with Crippen LogP contribution in [-0.4, -0.2) is 59.9 Å². The number of hydrogen-bond acceptors (Lipinski definition) is 9. The van der Waals surface area contributed by atoms with Crippen molar-refractivity contribution >= 4 is 25.7 Å². The summed E-state index contributed by atoms with van der Waals surface area (Å²) in [6.07, 6.45) is 32.4. The Hall–Kier alpha value is -2.04. The molecule has 0 aromatic heterocycles. The number of aliphatic carboxylic acids is 1. The number of phosphoric ester groups is 1. The van der Waals surface area contributed by atoms with E-state index in [1.807, 2.05) is 0 Å². The fourth-order valence-electron chi connectivity index (χ4n) is 5.08. The van der Waals surface area contributed by atoms with Crippen molar-refractivity contribution in [2.24, 2.45) is 5.73 Å². The summed E-state index contributed by atoms with van der Waals surface area (Å²) < 4.78 is 32.5. The summed E-state index contributed by atoms with van der Waals surface area (Å²) in [5.41, 5.74) is 5.31. The maximum absolute atomic E-state index is 12.5. The molecule has 0 aromatic rings. The van der Waals surface area contributed by atoms with Gasteiger partial charge in [-0.25, -0.2) is 4.57 Å². The molecule has 0 rings (SSSR count). The number of esters is 2. The Bertz CT molecular complexity index is 958. The molecule has 4 N–H and O–H groups in total. The Morgan fingerprint density at radius 1 is 0.620 bits per heavy atom. The number of phosphoric acid groups is 1. The minimum Gasteiger partial charge on any atom is -0.480 e. The Morgan fingerprint density at radius 2 is 1.08 bits per heavy atom. The predicted molar refractivity (Wildman–Crippen MR) is 199 cm³/mol. The number of hydrogen-bond donors (Lipinski definition) is 3. The van der Waals surface area contributed by atoms with Gasteiger partial charge in [-0.1, -0.05) is 141 Å². The first-order chi connectivity index (χ1) is 24.1. The van der Waals surface area contributed by atoms with E-state index in [1.54, 1.807) is 0 Å². The molecule has 11 nitrogen and oxygen atoms in total. The van der Waals surface area contributed by atoms with Crippen molar-refractivity contribution in [2.45, 2.75) is 180 Å². The van der Waals surface area contributed by atoms with Crippen molar-refractivity contribution in [2.75, 3.05) is 19.8 Å². The first-order valence-corrected chi connectivity index (χ1v) is 20.9. The summed E-state index contributed by atoms with van der Waals surface area (Å²) in [4.78, 5) is 45.7. The van der Waals surface area contributed by atoms with E-state index in [-0.39, 0.29) is 19.4 Å². The van der Waals surface area contributed by atoms with Crippen molar-refractivity contribution < 1.29 is 47.5 Å². The molecule has 0 fully saturated rings. The van der Waals surface area contributed by atoms with Gasteiger partial charge in [0.1, 0.15) is 12.6 Å². The van der Waals surface area contributed by atoms with Crippen molar-refractivity contribution in [3.63, 3.8) is 0 Å². The van der Waals surface area contributed by atoms with E-state index < -0.39 is 51.1 Å². The molecule has 0 heterocycles. The van der Waals surface area contributed by atoms with Crippen LogP contribution < -0.4 is 5.73 Å². The topological polar surface area (TPSA) is 172 Å². The highest BCUT2D eigenvalue weighted by Crippen LogP contribution is 2.43. The number of carbonyl (C=O) groups is 3. The molecule has 1 unspecified atom stereocenters. The van der Waals surface area contributed by atoms with Crippen molar-refractivity contribution in [3.05, 3.63) is 24.3 Å². The van der Waals surface area contributed by atoms with Gasteiger partial charge >= 0.3 is 25.7 Å². The Morgan fingerprint density at radius 3 is 1.62 bits per heavy atom. The van der Waals surface area contributed by atoms with E-state index in [0.29, 0.717) is 12.8 Å². The minimum atomic E-state index is -4.71. The Kier molecular flexibility index (Phi) is 32.7. The van der Waals surface area contributed by atoms with Crippen LogP contribution in [0.2, 0.25) is 0 Å². The van der Waals surface area contributed by atoms with E-state index >= 15 is 0 Å². The molecule has 0 bridgehead atoms. The van der Waals surface area contributed by atoms with Gasteiger partial charge in [0.05, 0.1) is 13.2 Å². The van der Waals surface area contributed by atoms with Gasteiger partial charge in [-0.05, 0) is 38.5 Å². The largest absolute Gasteiger partial charge is 0.480 e. The summed E-state index contributed by atoms with van der Waals surface area (Å²) in [5.74, 6) is -2.39. The average molecular weight is 732 g/mol. The molecule has 0 aromatic carbocycles. The summed E-state index contributed by atoms with van der Waals surface area (Å²) in [6, 6.07) is -1.52. The van der Waals surface area contributed by atoms with Crippen LogP contribution in [-0.2, 0) is 37.5 Å². The van der Waals surface area contributed by atoms with E-state index in [2.05, 4.69) is 42.7 Å². The summed E-state index contributed by atoms with van der Waals surface area (Å²) >= 11 is 0. The van der Waals surface area contributed by atoms with E-state index in [4.69, 9.17) is 24.8 Å². The van der Waals surface area contributed by atoms with Crippen LogP contribution in [0.25, 0.3) is 0 Å².